The van der Waals surface area contributed by atoms with Crippen LogP contribution in [0.5, 0.6) is 0 Å². The molecule has 0 radical (unpaired) electrons. The lowest BCUT2D eigenvalue weighted by molar-refractivity contribution is -0.133. The van der Waals surface area contributed by atoms with Gasteiger partial charge in [-0.3, -0.25) is 14.5 Å². The largest absolute Gasteiger partial charge is 0.343 e. The predicted octanol–water partition coefficient (Wildman–Crippen LogP) is 1.12. The molecule has 4 amide bonds. The highest BCUT2D eigenvalue weighted by Gasteiger charge is 2.52. The normalized spacial score (nSPS) is 30.2. The maximum atomic E-state index is 12.6. The van der Waals surface area contributed by atoms with Crippen LogP contribution in [0, 0.1) is 11.8 Å². The molecule has 0 aromatic rings. The molecule has 0 unspecified atom stereocenters. The van der Waals surface area contributed by atoms with Gasteiger partial charge in [-0.05, 0) is 50.6 Å². The molecular weight excluding hydrogens is 356 g/mol. The zero-order valence-corrected chi connectivity index (χ0v) is 16.0. The summed E-state index contributed by atoms with van der Waals surface area (Å²) in [5.74, 6) is 1.32. The zero-order valence-electron chi connectivity index (χ0n) is 15.2. The van der Waals surface area contributed by atoms with Crippen LogP contribution in [0.25, 0.3) is 0 Å². The Morgan fingerprint density at radius 2 is 1.69 bits per heavy atom. The molecule has 0 aromatic heterocycles. The summed E-state index contributed by atoms with van der Waals surface area (Å²) in [4.78, 5) is 40.6. The molecule has 2 atom stereocenters. The van der Waals surface area contributed by atoms with Gasteiger partial charge in [0, 0.05) is 26.1 Å². The van der Waals surface area contributed by atoms with Crippen LogP contribution < -0.4 is 10.6 Å². The van der Waals surface area contributed by atoms with E-state index >= 15 is 0 Å². The van der Waals surface area contributed by atoms with Gasteiger partial charge in [0.05, 0.1) is 0 Å². The van der Waals surface area contributed by atoms with Crippen molar-refractivity contribution in [3.05, 3.63) is 0 Å². The minimum absolute atomic E-state index is 0. The fourth-order valence-corrected chi connectivity index (χ4v) is 5.03. The Kier molecular flexibility index (Phi) is 5.77. The van der Waals surface area contributed by atoms with Crippen molar-refractivity contribution in [2.24, 2.45) is 11.8 Å². The number of hydrogen-bond acceptors (Lipinski definition) is 4. The number of rotatable bonds is 3. The molecule has 4 fully saturated rings. The van der Waals surface area contributed by atoms with Crippen molar-refractivity contribution in [2.45, 2.75) is 50.5 Å². The van der Waals surface area contributed by atoms with Crippen LogP contribution in [-0.4, -0.2) is 65.9 Å². The summed E-state index contributed by atoms with van der Waals surface area (Å²) in [6.45, 7) is 3.93. The van der Waals surface area contributed by atoms with Crippen molar-refractivity contribution in [1.82, 2.24) is 20.4 Å². The Morgan fingerprint density at radius 3 is 2.31 bits per heavy atom. The van der Waals surface area contributed by atoms with E-state index in [-0.39, 0.29) is 43.2 Å². The molecule has 1 spiro atoms. The number of nitrogens with one attached hydrogen (secondary N) is 2. The Morgan fingerprint density at radius 1 is 1.08 bits per heavy atom. The summed E-state index contributed by atoms with van der Waals surface area (Å²) in [7, 11) is 0. The first kappa shape index (κ1) is 19.4. The van der Waals surface area contributed by atoms with Crippen LogP contribution in [0.2, 0.25) is 0 Å². The van der Waals surface area contributed by atoms with Gasteiger partial charge in [-0.25, -0.2) is 4.79 Å². The van der Waals surface area contributed by atoms with Crippen LogP contribution in [0.1, 0.15) is 44.9 Å². The smallest absolute Gasteiger partial charge is 0.325 e. The average molecular weight is 385 g/mol. The second-order valence-electron chi connectivity index (χ2n) is 8.06. The molecule has 3 saturated heterocycles. The third kappa shape index (κ3) is 3.43. The zero-order chi connectivity index (χ0) is 17.4. The molecule has 4 rings (SSSR count). The van der Waals surface area contributed by atoms with Crippen LogP contribution in [0.3, 0.4) is 0 Å². The number of carbonyl (C=O) groups is 3. The van der Waals surface area contributed by atoms with Crippen molar-refractivity contribution < 1.29 is 14.4 Å². The lowest BCUT2D eigenvalue weighted by atomic mass is 9.92. The fraction of sp³-hybridized carbons (Fsp3) is 0.833. The maximum Gasteiger partial charge on any atom is 0.325 e. The number of imide groups is 1. The number of amides is 4. The topological polar surface area (TPSA) is 81.8 Å². The van der Waals surface area contributed by atoms with E-state index in [2.05, 4.69) is 10.6 Å². The molecule has 1 aliphatic carbocycles. The van der Waals surface area contributed by atoms with Gasteiger partial charge in [-0.15, -0.1) is 12.4 Å². The van der Waals surface area contributed by atoms with Crippen molar-refractivity contribution in [1.29, 1.82) is 0 Å². The average Bonchev–Trinajstić information content (AvgIpc) is 3.26. The van der Waals surface area contributed by atoms with Crippen LogP contribution >= 0.6 is 12.4 Å². The van der Waals surface area contributed by atoms with E-state index < -0.39 is 5.54 Å². The third-order valence-electron chi connectivity index (χ3n) is 6.62. The molecule has 2 N–H and O–H groups in total. The van der Waals surface area contributed by atoms with E-state index in [1.54, 1.807) is 0 Å². The minimum Gasteiger partial charge on any atom is -0.343 e. The second-order valence-corrected chi connectivity index (χ2v) is 8.06. The Hall–Kier alpha value is -1.34. The summed E-state index contributed by atoms with van der Waals surface area (Å²) >= 11 is 0. The van der Waals surface area contributed by atoms with Crippen LogP contribution in [0.4, 0.5) is 4.79 Å². The van der Waals surface area contributed by atoms with E-state index in [9.17, 15) is 14.4 Å². The van der Waals surface area contributed by atoms with Gasteiger partial charge in [-0.1, -0.05) is 12.8 Å². The molecule has 3 aliphatic heterocycles. The molecule has 3 heterocycles. The summed E-state index contributed by atoms with van der Waals surface area (Å²) < 4.78 is 0. The highest BCUT2D eigenvalue weighted by atomic mass is 35.5. The van der Waals surface area contributed by atoms with E-state index in [4.69, 9.17) is 0 Å². The van der Waals surface area contributed by atoms with Crippen molar-refractivity contribution in [3.63, 3.8) is 0 Å². The molecule has 1 saturated carbocycles. The number of likely N-dealkylation sites (tertiary alicyclic amines) is 1. The number of halogens is 1. The van der Waals surface area contributed by atoms with Crippen molar-refractivity contribution >= 4 is 30.3 Å². The first-order valence-corrected chi connectivity index (χ1v) is 9.72. The fourth-order valence-electron chi connectivity index (χ4n) is 5.03. The third-order valence-corrected chi connectivity index (χ3v) is 6.62. The molecule has 26 heavy (non-hydrogen) atoms. The number of hydrogen-bond donors (Lipinski definition) is 2. The van der Waals surface area contributed by atoms with E-state index in [1.807, 2.05) is 4.90 Å². The molecule has 0 bridgehead atoms. The second kappa shape index (κ2) is 7.72. The number of fused-ring (bicyclic) bond motifs is 1. The summed E-state index contributed by atoms with van der Waals surface area (Å²) in [5.41, 5.74) is -0.673. The van der Waals surface area contributed by atoms with Crippen LogP contribution in [0.15, 0.2) is 0 Å². The Balaban J connectivity index is 0.00000196. The monoisotopic (exact) mass is 384 g/mol. The first-order valence-electron chi connectivity index (χ1n) is 9.72. The summed E-state index contributed by atoms with van der Waals surface area (Å²) in [6, 6.07) is -0.323. The van der Waals surface area contributed by atoms with Crippen LogP contribution in [-0.2, 0) is 9.59 Å². The van der Waals surface area contributed by atoms with Gasteiger partial charge in [0.1, 0.15) is 5.54 Å². The first-order chi connectivity index (χ1) is 12.1. The quantitative estimate of drug-likeness (QED) is 0.714. The Bertz CT molecular complexity index is 565. The standard InChI is InChI=1S/C18H28N4O3.ClH/c23-15(21-8-3-13-11-19-12-14(13)4-9-21)5-10-22-16(24)18(20-17(22)25)6-1-2-7-18;/h13-14,19H,1-12H2,(H,20,25);1H/t13-,14+;. The van der Waals surface area contributed by atoms with E-state index in [0.29, 0.717) is 11.8 Å². The van der Waals surface area contributed by atoms with Gasteiger partial charge in [0.15, 0.2) is 0 Å². The number of nitrogens with zero attached hydrogens (tertiary/aromatic N) is 2. The molecule has 8 heteroatoms. The highest BCUT2D eigenvalue weighted by Crippen LogP contribution is 2.35. The van der Waals surface area contributed by atoms with Gasteiger partial charge >= 0.3 is 6.03 Å². The Labute approximate surface area is 160 Å². The number of urea groups is 1. The predicted molar refractivity (Wildman–Crippen MR) is 99.0 cm³/mol. The van der Waals surface area contributed by atoms with E-state index in [1.165, 1.54) is 4.90 Å². The van der Waals surface area contributed by atoms with Gasteiger partial charge in [0.2, 0.25) is 5.91 Å². The van der Waals surface area contributed by atoms with Gasteiger partial charge in [-0.2, -0.15) is 0 Å². The van der Waals surface area contributed by atoms with Crippen molar-refractivity contribution in [3.8, 4) is 0 Å². The lowest BCUT2D eigenvalue weighted by Gasteiger charge is -2.23. The van der Waals surface area contributed by atoms with Gasteiger partial charge in [0.25, 0.3) is 5.91 Å². The molecular formula is C18H29ClN4O3. The highest BCUT2D eigenvalue weighted by molar-refractivity contribution is 6.07. The maximum absolute atomic E-state index is 12.6. The molecule has 0 aromatic carbocycles. The van der Waals surface area contributed by atoms with E-state index in [0.717, 1.165) is 64.7 Å². The minimum atomic E-state index is -0.673. The van der Waals surface area contributed by atoms with Gasteiger partial charge < -0.3 is 15.5 Å². The summed E-state index contributed by atoms with van der Waals surface area (Å²) in [5, 5.41) is 6.31. The number of carbonyl (C=O) groups excluding carboxylic acids is 3. The molecule has 146 valence electrons. The lowest BCUT2D eigenvalue weighted by Crippen LogP contribution is -2.44. The molecule has 7 nitrogen and oxygen atoms in total. The summed E-state index contributed by atoms with van der Waals surface area (Å²) in [6.07, 6.45) is 5.75. The SMILES string of the molecule is Cl.O=C(CCN1C(=O)NC2(CCCC2)C1=O)N1CC[C@@H]2CNC[C@@H]2CC1. The molecule has 4 aliphatic rings. The van der Waals surface area contributed by atoms with Crippen molar-refractivity contribution in [2.75, 3.05) is 32.7 Å².